The average molecular weight is 586 g/mol. The molecule has 1 N–H and O–H groups in total. The largest absolute Gasteiger partial charge is 0.507 e. The molecule has 0 aliphatic rings. The molecule has 0 saturated heterocycles. The summed E-state index contributed by atoms with van der Waals surface area (Å²) in [5.41, 5.74) is 2.00. The van der Waals surface area contributed by atoms with E-state index in [-0.39, 0.29) is 16.7 Å². The number of carbonyl (C=O) groups excluding carboxylic acids is 1. The van der Waals surface area contributed by atoms with Gasteiger partial charge in [-0.1, -0.05) is 171 Å². The van der Waals surface area contributed by atoms with Crippen LogP contribution >= 0.6 is 0 Å². The molecular weight excluding hydrogens is 514 g/mol. The molecule has 0 atom stereocenters. The highest BCUT2D eigenvalue weighted by molar-refractivity contribution is 5.95. The molecule has 42 heavy (non-hydrogen) atoms. The van der Waals surface area contributed by atoms with Gasteiger partial charge < -0.3 is 10.0 Å². The number of nitrogens with zero attached hydrogens (tertiary/aromatic N) is 1. The summed E-state index contributed by atoms with van der Waals surface area (Å²) in [6.07, 6.45) is 26.1. The summed E-state index contributed by atoms with van der Waals surface area (Å²) in [6.45, 7) is 18.9. The number of unbranched alkanes of at least 4 members (excludes halogenated alkanes) is 18. The van der Waals surface area contributed by atoms with Crippen molar-refractivity contribution in [3.63, 3.8) is 0 Å². The van der Waals surface area contributed by atoms with Crippen LogP contribution in [0.4, 0.5) is 0 Å². The minimum atomic E-state index is -0.238. The van der Waals surface area contributed by atoms with Crippen molar-refractivity contribution in [1.29, 1.82) is 0 Å². The van der Waals surface area contributed by atoms with Gasteiger partial charge in [0, 0.05) is 29.8 Å². The lowest BCUT2D eigenvalue weighted by Gasteiger charge is -2.29. The van der Waals surface area contributed by atoms with Gasteiger partial charge in [-0.25, -0.2) is 0 Å². The van der Waals surface area contributed by atoms with E-state index in [2.05, 4.69) is 60.3 Å². The summed E-state index contributed by atoms with van der Waals surface area (Å²) < 4.78 is 0. The van der Waals surface area contributed by atoms with Crippen molar-refractivity contribution < 1.29 is 9.90 Å². The predicted octanol–water partition coefficient (Wildman–Crippen LogP) is 12.3. The van der Waals surface area contributed by atoms with Crippen molar-refractivity contribution in [2.75, 3.05) is 13.1 Å². The van der Waals surface area contributed by atoms with E-state index in [9.17, 15) is 9.90 Å². The molecule has 1 amide bonds. The number of carbonyl (C=O) groups is 1. The molecule has 0 saturated carbocycles. The molecule has 3 nitrogen and oxygen atoms in total. The van der Waals surface area contributed by atoms with E-state index in [1.54, 1.807) is 0 Å². The molecule has 244 valence electrons. The first-order valence-corrected chi connectivity index (χ1v) is 18.1. The molecule has 1 aromatic carbocycles. The van der Waals surface area contributed by atoms with Crippen LogP contribution < -0.4 is 0 Å². The van der Waals surface area contributed by atoms with Crippen LogP contribution in [0, 0.1) is 0 Å². The minimum absolute atomic E-state index is 0.137. The van der Waals surface area contributed by atoms with Crippen molar-refractivity contribution >= 4 is 5.91 Å². The van der Waals surface area contributed by atoms with E-state index in [0.29, 0.717) is 5.75 Å². The smallest absolute Gasteiger partial charge is 0.253 e. The van der Waals surface area contributed by atoms with E-state index in [1.807, 2.05) is 12.1 Å². The Labute approximate surface area is 262 Å². The number of hydrogen-bond donors (Lipinski definition) is 1. The minimum Gasteiger partial charge on any atom is -0.507 e. The lowest BCUT2D eigenvalue weighted by atomic mass is 9.78. The van der Waals surface area contributed by atoms with Gasteiger partial charge in [0.1, 0.15) is 5.75 Å². The third-order valence-corrected chi connectivity index (χ3v) is 8.82. The first kappa shape index (κ1) is 38.5. The maximum Gasteiger partial charge on any atom is 0.253 e. The first-order chi connectivity index (χ1) is 19.9. The van der Waals surface area contributed by atoms with Crippen LogP contribution in [-0.4, -0.2) is 29.0 Å². The summed E-state index contributed by atoms with van der Waals surface area (Å²) >= 11 is 0. The maximum atomic E-state index is 14.0. The number of rotatable bonds is 23. The first-order valence-electron chi connectivity index (χ1n) is 18.1. The van der Waals surface area contributed by atoms with Crippen molar-refractivity contribution in [3.05, 3.63) is 28.8 Å². The molecule has 0 aliphatic heterocycles. The fourth-order valence-electron chi connectivity index (χ4n) is 5.98. The Hall–Kier alpha value is -1.51. The molecule has 0 spiro atoms. The topological polar surface area (TPSA) is 40.5 Å². The zero-order chi connectivity index (χ0) is 31.4. The second-order valence-electron chi connectivity index (χ2n) is 15.1. The average Bonchev–Trinajstić information content (AvgIpc) is 2.92. The molecule has 1 rings (SSSR count). The summed E-state index contributed by atoms with van der Waals surface area (Å²) in [4.78, 5) is 16.2. The lowest BCUT2D eigenvalue weighted by molar-refractivity contribution is 0.0748. The molecule has 3 heteroatoms. The molecule has 0 unspecified atom stereocenters. The standard InChI is InChI=1S/C39H71NO2/c1-9-11-13-15-17-19-21-23-25-27-29-40(30-28-26-24-22-20-18-16-14-12-10-2)37(42)33-31-34(38(3,4)5)36(41)35(32-33)39(6,7)8/h31-32,41H,9-30H2,1-8H3. The number of hydrogen-bond acceptors (Lipinski definition) is 2. The third-order valence-electron chi connectivity index (χ3n) is 8.82. The van der Waals surface area contributed by atoms with Crippen molar-refractivity contribution in [3.8, 4) is 5.75 Å². The molecule has 0 heterocycles. The Morgan fingerprint density at radius 1 is 0.548 bits per heavy atom. The van der Waals surface area contributed by atoms with Gasteiger partial charge >= 0.3 is 0 Å². The van der Waals surface area contributed by atoms with Crippen molar-refractivity contribution in [2.24, 2.45) is 0 Å². The zero-order valence-electron chi connectivity index (χ0n) is 29.5. The Bertz CT molecular complexity index is 786. The highest BCUT2D eigenvalue weighted by Crippen LogP contribution is 2.40. The van der Waals surface area contributed by atoms with Gasteiger partial charge in [0.25, 0.3) is 5.91 Å². The Morgan fingerprint density at radius 3 is 1.12 bits per heavy atom. The number of phenolic OH excluding ortho intramolecular Hbond substituents is 1. The van der Waals surface area contributed by atoms with Gasteiger partial charge in [0.15, 0.2) is 0 Å². The quantitative estimate of drug-likeness (QED) is 0.130. The molecule has 0 bridgehead atoms. The van der Waals surface area contributed by atoms with Gasteiger partial charge in [-0.2, -0.15) is 0 Å². The molecular formula is C39H71NO2. The van der Waals surface area contributed by atoms with Crippen molar-refractivity contribution in [2.45, 2.75) is 195 Å². The van der Waals surface area contributed by atoms with Gasteiger partial charge in [-0.15, -0.1) is 0 Å². The van der Waals surface area contributed by atoms with E-state index in [0.717, 1.165) is 42.6 Å². The van der Waals surface area contributed by atoms with Crippen molar-refractivity contribution in [1.82, 2.24) is 4.90 Å². The van der Waals surface area contributed by atoms with Gasteiger partial charge in [-0.05, 0) is 35.8 Å². The van der Waals surface area contributed by atoms with Crippen LogP contribution in [0.15, 0.2) is 12.1 Å². The number of amides is 1. The Kier molecular flexibility index (Phi) is 19.5. The Morgan fingerprint density at radius 2 is 0.833 bits per heavy atom. The lowest BCUT2D eigenvalue weighted by Crippen LogP contribution is -2.33. The van der Waals surface area contributed by atoms with E-state index < -0.39 is 0 Å². The van der Waals surface area contributed by atoms with Gasteiger partial charge in [0.2, 0.25) is 0 Å². The monoisotopic (exact) mass is 586 g/mol. The summed E-state index contributed by atoms with van der Waals surface area (Å²) in [5.74, 6) is 0.486. The summed E-state index contributed by atoms with van der Waals surface area (Å²) in [7, 11) is 0. The number of phenols is 1. The third kappa shape index (κ3) is 15.8. The highest BCUT2D eigenvalue weighted by atomic mass is 16.3. The van der Waals surface area contributed by atoms with E-state index in [4.69, 9.17) is 0 Å². The van der Waals surface area contributed by atoms with Crippen LogP contribution in [0.1, 0.15) is 205 Å². The van der Waals surface area contributed by atoms with Crippen LogP contribution in [0.25, 0.3) is 0 Å². The normalized spacial score (nSPS) is 12.2. The van der Waals surface area contributed by atoms with Gasteiger partial charge in [0.05, 0.1) is 0 Å². The van der Waals surface area contributed by atoms with E-state index >= 15 is 0 Å². The molecule has 0 aliphatic carbocycles. The zero-order valence-corrected chi connectivity index (χ0v) is 29.5. The summed E-state index contributed by atoms with van der Waals surface area (Å²) in [6, 6.07) is 3.94. The second kappa shape index (κ2) is 21.2. The second-order valence-corrected chi connectivity index (χ2v) is 15.1. The highest BCUT2D eigenvalue weighted by Gasteiger charge is 2.29. The van der Waals surface area contributed by atoms with Crippen LogP contribution in [0.2, 0.25) is 0 Å². The SMILES string of the molecule is CCCCCCCCCCCCN(CCCCCCCCCCCC)C(=O)c1cc(C(C)(C)C)c(O)c(C(C)(C)C)c1. The predicted molar refractivity (Wildman–Crippen MR) is 185 cm³/mol. The molecule has 1 aromatic rings. The Balaban J connectivity index is 2.81. The number of benzene rings is 1. The van der Waals surface area contributed by atoms with Gasteiger partial charge in [-0.3, -0.25) is 4.79 Å². The summed E-state index contributed by atoms with van der Waals surface area (Å²) in [5, 5.41) is 11.2. The van der Waals surface area contributed by atoms with Crippen LogP contribution in [0.3, 0.4) is 0 Å². The fourth-order valence-corrected chi connectivity index (χ4v) is 5.98. The fraction of sp³-hybridized carbons (Fsp3) is 0.821. The maximum absolute atomic E-state index is 14.0. The molecule has 0 aromatic heterocycles. The van der Waals surface area contributed by atoms with Crippen LogP contribution in [0.5, 0.6) is 5.75 Å². The molecule has 0 radical (unpaired) electrons. The van der Waals surface area contributed by atoms with E-state index in [1.165, 1.54) is 116 Å². The number of aromatic hydroxyl groups is 1. The molecule has 0 fully saturated rings. The van der Waals surface area contributed by atoms with Crippen LogP contribution in [-0.2, 0) is 10.8 Å².